The molecule has 0 N–H and O–H groups in total. The van der Waals surface area contributed by atoms with Gasteiger partial charge < -0.3 is 4.74 Å². The minimum Gasteiger partial charge on any atom is -0.365 e. The van der Waals surface area contributed by atoms with Gasteiger partial charge in [-0.15, -0.1) is 0 Å². The van der Waals surface area contributed by atoms with Gasteiger partial charge in [0, 0.05) is 12.1 Å². The van der Waals surface area contributed by atoms with Crippen molar-refractivity contribution in [2.45, 2.75) is 12.2 Å². The zero-order chi connectivity index (χ0) is 14.7. The molecule has 7 heteroatoms. The van der Waals surface area contributed by atoms with Gasteiger partial charge in [0.1, 0.15) is 0 Å². The number of amides is 2. The normalized spacial score (nSPS) is 32.9. The number of nitrogens with zero attached hydrogens (tertiary/aromatic N) is 2. The third kappa shape index (κ3) is 1.52. The molecule has 1 aromatic carbocycles. The molecule has 1 aromatic rings. The van der Waals surface area contributed by atoms with Crippen LogP contribution in [0.2, 0.25) is 0 Å². The summed E-state index contributed by atoms with van der Waals surface area (Å²) >= 11 is 0. The summed E-state index contributed by atoms with van der Waals surface area (Å²) in [6.07, 6.45) is 2.96. The van der Waals surface area contributed by atoms with Gasteiger partial charge in [-0.05, 0) is 12.1 Å². The summed E-state index contributed by atoms with van der Waals surface area (Å²) in [5.41, 5.74) is 0.285. The van der Waals surface area contributed by atoms with Crippen molar-refractivity contribution in [1.82, 2.24) is 0 Å². The van der Waals surface area contributed by atoms with Crippen molar-refractivity contribution in [3.63, 3.8) is 0 Å². The fourth-order valence-electron chi connectivity index (χ4n) is 3.28. The second-order valence-corrected chi connectivity index (χ2v) is 5.29. The second kappa shape index (κ2) is 3.98. The average molecular weight is 286 g/mol. The standard InChI is InChI=1S/C14H10N2O5/c17-13-11-9-5-6-10(21-9)12(11)14(18)15(13)7-1-3-8(4-2-7)16(19)20/h1-6,9-12H/t9-,10+,11-,12-/m0/s1. The van der Waals surface area contributed by atoms with Crippen LogP contribution in [0.4, 0.5) is 11.4 Å². The zero-order valence-electron chi connectivity index (χ0n) is 10.7. The molecule has 2 saturated heterocycles. The number of imide groups is 1. The first-order chi connectivity index (χ1) is 10.1. The van der Waals surface area contributed by atoms with Gasteiger partial charge in [-0.1, -0.05) is 12.2 Å². The molecule has 0 saturated carbocycles. The van der Waals surface area contributed by atoms with Crippen LogP contribution in [-0.2, 0) is 14.3 Å². The number of carbonyl (C=O) groups excluding carboxylic acids is 2. The lowest BCUT2D eigenvalue weighted by molar-refractivity contribution is -0.384. The molecular weight excluding hydrogens is 276 g/mol. The van der Waals surface area contributed by atoms with Gasteiger partial charge >= 0.3 is 0 Å². The summed E-state index contributed by atoms with van der Waals surface area (Å²) in [6, 6.07) is 5.41. The fourth-order valence-corrected chi connectivity index (χ4v) is 3.28. The summed E-state index contributed by atoms with van der Waals surface area (Å²) in [7, 11) is 0. The van der Waals surface area contributed by atoms with Crippen LogP contribution in [-0.4, -0.2) is 28.9 Å². The van der Waals surface area contributed by atoms with E-state index in [9.17, 15) is 19.7 Å². The van der Waals surface area contributed by atoms with Gasteiger partial charge in [-0.2, -0.15) is 0 Å². The van der Waals surface area contributed by atoms with Crippen LogP contribution in [0.1, 0.15) is 0 Å². The number of benzene rings is 1. The molecule has 0 spiro atoms. The van der Waals surface area contributed by atoms with Crippen LogP contribution in [0, 0.1) is 22.0 Å². The molecule has 4 atom stereocenters. The molecular formula is C14H10N2O5. The Hall–Kier alpha value is -2.54. The maximum absolute atomic E-state index is 12.5. The highest BCUT2D eigenvalue weighted by molar-refractivity contribution is 6.23. The average Bonchev–Trinajstić information content (AvgIpc) is 3.13. The van der Waals surface area contributed by atoms with Gasteiger partial charge in [0.15, 0.2) is 0 Å². The third-order valence-electron chi connectivity index (χ3n) is 4.23. The van der Waals surface area contributed by atoms with Crippen LogP contribution in [0.3, 0.4) is 0 Å². The Bertz CT molecular complexity index is 666. The maximum Gasteiger partial charge on any atom is 0.269 e. The van der Waals surface area contributed by atoms with Gasteiger partial charge in [0.05, 0.1) is 34.7 Å². The summed E-state index contributed by atoms with van der Waals surface area (Å²) in [5.74, 6) is -1.53. The summed E-state index contributed by atoms with van der Waals surface area (Å²) in [6.45, 7) is 0. The molecule has 2 bridgehead atoms. The Kier molecular flexibility index (Phi) is 2.32. The molecule has 4 rings (SSSR count). The fraction of sp³-hybridized carbons (Fsp3) is 0.286. The van der Waals surface area contributed by atoms with Gasteiger partial charge in [0.2, 0.25) is 11.8 Å². The van der Waals surface area contributed by atoms with Crippen LogP contribution < -0.4 is 4.90 Å². The molecule has 0 aliphatic carbocycles. The molecule has 0 aromatic heterocycles. The summed E-state index contributed by atoms with van der Waals surface area (Å²) in [5, 5.41) is 10.6. The predicted molar refractivity (Wildman–Crippen MR) is 70.4 cm³/mol. The van der Waals surface area contributed by atoms with Gasteiger partial charge in [-0.3, -0.25) is 19.7 Å². The minimum atomic E-state index is -0.524. The SMILES string of the molecule is O=C1[C@@H]2[C@@H](C(=O)N1c1ccc([N+](=O)[O-])cc1)[C@H]1C=C[C@@H]2O1. The van der Waals surface area contributed by atoms with E-state index < -0.39 is 16.8 Å². The smallest absolute Gasteiger partial charge is 0.269 e. The molecule has 3 aliphatic rings. The van der Waals surface area contributed by atoms with E-state index in [4.69, 9.17) is 4.74 Å². The molecule has 3 aliphatic heterocycles. The van der Waals surface area contributed by atoms with E-state index in [0.29, 0.717) is 5.69 Å². The van der Waals surface area contributed by atoms with E-state index in [-0.39, 0.29) is 29.7 Å². The quantitative estimate of drug-likeness (QED) is 0.350. The van der Waals surface area contributed by atoms with E-state index in [1.165, 1.54) is 24.3 Å². The number of carbonyl (C=O) groups is 2. The Balaban J connectivity index is 1.69. The third-order valence-corrected chi connectivity index (χ3v) is 4.23. The number of hydrogen-bond donors (Lipinski definition) is 0. The van der Waals surface area contributed by atoms with Crippen molar-refractivity contribution in [3.8, 4) is 0 Å². The van der Waals surface area contributed by atoms with Crippen LogP contribution in [0.15, 0.2) is 36.4 Å². The van der Waals surface area contributed by atoms with E-state index >= 15 is 0 Å². The van der Waals surface area contributed by atoms with E-state index in [1.54, 1.807) is 0 Å². The highest BCUT2D eigenvalue weighted by Gasteiger charge is 2.60. The molecule has 106 valence electrons. The largest absolute Gasteiger partial charge is 0.365 e. The van der Waals surface area contributed by atoms with Crippen molar-refractivity contribution in [1.29, 1.82) is 0 Å². The number of nitro benzene ring substituents is 1. The van der Waals surface area contributed by atoms with Crippen molar-refractivity contribution in [2.75, 3.05) is 4.90 Å². The molecule has 3 heterocycles. The van der Waals surface area contributed by atoms with Crippen molar-refractivity contribution in [3.05, 3.63) is 46.5 Å². The number of anilines is 1. The zero-order valence-corrected chi connectivity index (χ0v) is 10.7. The number of rotatable bonds is 2. The molecule has 0 radical (unpaired) electrons. The number of hydrogen-bond acceptors (Lipinski definition) is 5. The Morgan fingerprint density at radius 2 is 1.52 bits per heavy atom. The highest BCUT2D eigenvalue weighted by atomic mass is 16.6. The highest BCUT2D eigenvalue weighted by Crippen LogP contribution is 2.46. The monoisotopic (exact) mass is 286 g/mol. The Labute approximate surface area is 118 Å². The first-order valence-electron chi connectivity index (χ1n) is 6.54. The Morgan fingerprint density at radius 3 is 2.00 bits per heavy atom. The molecule has 21 heavy (non-hydrogen) atoms. The van der Waals surface area contributed by atoms with Crippen molar-refractivity contribution >= 4 is 23.2 Å². The summed E-state index contributed by atoms with van der Waals surface area (Å²) < 4.78 is 5.55. The number of nitro groups is 1. The summed E-state index contributed by atoms with van der Waals surface area (Å²) in [4.78, 5) is 36.2. The number of ether oxygens (including phenoxy) is 1. The van der Waals surface area contributed by atoms with Gasteiger partial charge in [0.25, 0.3) is 5.69 Å². The Morgan fingerprint density at radius 1 is 1.00 bits per heavy atom. The second-order valence-electron chi connectivity index (χ2n) is 5.29. The molecule has 0 unspecified atom stereocenters. The minimum absolute atomic E-state index is 0.0805. The predicted octanol–water partition coefficient (Wildman–Crippen LogP) is 1.04. The number of fused-ring (bicyclic) bond motifs is 5. The van der Waals surface area contributed by atoms with Crippen LogP contribution in [0.25, 0.3) is 0 Å². The first kappa shape index (κ1) is 12.2. The van der Waals surface area contributed by atoms with Crippen molar-refractivity contribution < 1.29 is 19.2 Å². The first-order valence-corrected chi connectivity index (χ1v) is 6.54. The lowest BCUT2D eigenvalue weighted by Crippen LogP contribution is -2.34. The molecule has 2 amide bonds. The number of non-ortho nitro benzene ring substituents is 1. The maximum atomic E-state index is 12.5. The van der Waals surface area contributed by atoms with Crippen molar-refractivity contribution in [2.24, 2.45) is 11.8 Å². The van der Waals surface area contributed by atoms with E-state index in [2.05, 4.69) is 0 Å². The van der Waals surface area contributed by atoms with E-state index in [0.717, 1.165) is 4.90 Å². The topological polar surface area (TPSA) is 89.8 Å². The molecule has 7 nitrogen and oxygen atoms in total. The van der Waals surface area contributed by atoms with Crippen LogP contribution in [0.5, 0.6) is 0 Å². The van der Waals surface area contributed by atoms with E-state index in [1.807, 2.05) is 12.2 Å². The lowest BCUT2D eigenvalue weighted by atomic mass is 9.85. The molecule has 2 fully saturated rings. The van der Waals surface area contributed by atoms with Crippen LogP contribution >= 0.6 is 0 Å². The lowest BCUT2D eigenvalue weighted by Gasteiger charge is -2.17. The van der Waals surface area contributed by atoms with Gasteiger partial charge in [-0.25, -0.2) is 4.90 Å².